The van der Waals surface area contributed by atoms with E-state index < -0.39 is 36.9 Å². The molecule has 0 unspecified atom stereocenters. The minimum absolute atomic E-state index is 0.0560. The van der Waals surface area contributed by atoms with Gasteiger partial charge in [0.15, 0.2) is 0 Å². The lowest BCUT2D eigenvalue weighted by Gasteiger charge is -2.32. The summed E-state index contributed by atoms with van der Waals surface area (Å²) in [4.78, 5) is 39.1. The van der Waals surface area contributed by atoms with Gasteiger partial charge in [-0.2, -0.15) is 0 Å². The Labute approximate surface area is 262 Å². The molecule has 1 aromatic carbocycles. The van der Waals surface area contributed by atoms with Crippen LogP contribution in [0.1, 0.15) is 61.7 Å². The van der Waals surface area contributed by atoms with Crippen molar-refractivity contribution >= 4 is 35.0 Å². The number of benzene rings is 1. The van der Waals surface area contributed by atoms with E-state index in [1.54, 1.807) is 6.07 Å². The van der Waals surface area contributed by atoms with Crippen LogP contribution in [0.5, 0.6) is 5.75 Å². The van der Waals surface area contributed by atoms with E-state index in [1.165, 1.54) is 13.2 Å². The van der Waals surface area contributed by atoms with Crippen molar-refractivity contribution in [2.75, 3.05) is 52.2 Å². The van der Waals surface area contributed by atoms with E-state index in [1.807, 2.05) is 0 Å². The van der Waals surface area contributed by atoms with Crippen molar-refractivity contribution in [1.29, 1.82) is 0 Å². The zero-order chi connectivity index (χ0) is 32.6. The van der Waals surface area contributed by atoms with Crippen molar-refractivity contribution in [3.63, 3.8) is 0 Å². The maximum absolute atomic E-state index is 12.8. The Kier molecular flexibility index (Phi) is 16.7. The Balaban J connectivity index is 1.51. The van der Waals surface area contributed by atoms with Crippen LogP contribution in [0.4, 0.5) is 5.69 Å². The third-order valence-corrected chi connectivity index (χ3v) is 7.93. The zero-order valence-corrected chi connectivity index (χ0v) is 26.0. The Hall–Kier alpha value is -2.72. The molecular weight excluding hydrogens is 598 g/mol. The van der Waals surface area contributed by atoms with Gasteiger partial charge in [-0.05, 0) is 44.7 Å². The number of halogens is 1. The number of ether oxygens (including phenoxy) is 1. The molecule has 2 rings (SSSR count). The number of hydrogen-bond acceptors (Lipinski definition) is 11. The van der Waals surface area contributed by atoms with Crippen molar-refractivity contribution in [2.24, 2.45) is 0 Å². The number of nitrogens with one attached hydrogen (secondary N) is 3. The number of hydrogen-bond donors (Lipinski definition) is 9. The molecule has 0 bridgehead atoms. The summed E-state index contributed by atoms with van der Waals surface area (Å²) in [7, 11) is 1.48. The lowest BCUT2D eigenvalue weighted by atomic mass is 10.0. The second-order valence-corrected chi connectivity index (χ2v) is 11.4. The highest BCUT2D eigenvalue weighted by Crippen LogP contribution is 2.29. The standard InChI is InChI=1S/C29H48ClN5O9/c1-44-24-15-21(31)20(30)14-19(24)29(43)34-18-8-12-35(13-9-18)11-4-2-3-6-25(39)32-10-5-7-26(40)33-16-22(37)27(41)28(42)23(38)17-36/h14-15,18,22-23,27-28,36-38,41-42H,2-13,16-17,31H2,1H3,(H,32,39)(H,33,40)(H,34,43)/t22-,23+,27+,28+/m0/s1. The number of nitrogens with zero attached hydrogens (tertiary/aromatic N) is 1. The van der Waals surface area contributed by atoms with Crippen molar-refractivity contribution in [3.8, 4) is 5.75 Å². The molecule has 1 saturated heterocycles. The lowest BCUT2D eigenvalue weighted by molar-refractivity contribution is -0.126. The molecule has 14 nitrogen and oxygen atoms in total. The quantitative estimate of drug-likeness (QED) is 0.0664. The molecule has 4 atom stereocenters. The predicted molar refractivity (Wildman–Crippen MR) is 164 cm³/mol. The Morgan fingerprint density at radius 2 is 1.61 bits per heavy atom. The Bertz CT molecular complexity index is 1060. The Morgan fingerprint density at radius 1 is 0.977 bits per heavy atom. The molecule has 1 fully saturated rings. The van der Waals surface area contributed by atoms with Gasteiger partial charge in [0.2, 0.25) is 11.8 Å². The minimum atomic E-state index is -1.76. The van der Waals surface area contributed by atoms with Crippen LogP contribution in [0, 0.1) is 0 Å². The van der Waals surface area contributed by atoms with Gasteiger partial charge in [0.1, 0.15) is 24.1 Å². The smallest absolute Gasteiger partial charge is 0.255 e. The first-order valence-corrected chi connectivity index (χ1v) is 15.4. The van der Waals surface area contributed by atoms with Crippen molar-refractivity contribution in [1.82, 2.24) is 20.9 Å². The van der Waals surface area contributed by atoms with Crippen LogP contribution >= 0.6 is 11.6 Å². The molecule has 0 saturated carbocycles. The lowest BCUT2D eigenvalue weighted by Crippen LogP contribution is -2.49. The third-order valence-electron chi connectivity index (χ3n) is 7.60. The number of nitrogens with two attached hydrogens (primary N) is 1. The molecule has 0 radical (unpaired) electrons. The number of amides is 3. The molecule has 0 spiro atoms. The van der Waals surface area contributed by atoms with Crippen molar-refractivity contribution < 1.29 is 44.7 Å². The first kappa shape index (κ1) is 37.5. The van der Waals surface area contributed by atoms with Gasteiger partial charge in [0, 0.05) is 51.1 Å². The number of rotatable bonds is 19. The van der Waals surface area contributed by atoms with E-state index in [4.69, 9.17) is 27.2 Å². The summed E-state index contributed by atoms with van der Waals surface area (Å²) in [5.41, 5.74) is 6.51. The third kappa shape index (κ3) is 12.7. The van der Waals surface area contributed by atoms with Crippen molar-refractivity contribution in [2.45, 2.75) is 81.8 Å². The monoisotopic (exact) mass is 645 g/mol. The van der Waals surface area contributed by atoms with Gasteiger partial charge in [-0.3, -0.25) is 14.4 Å². The SMILES string of the molecule is COc1cc(N)c(Cl)cc1C(=O)NC1CCN(CCCCCC(=O)NCCCC(=O)NC[C@H](O)[C@@H](O)[C@H](O)[C@H](O)CO)CC1. The van der Waals surface area contributed by atoms with Crippen molar-refractivity contribution in [3.05, 3.63) is 22.7 Å². The van der Waals surface area contributed by atoms with Crippen LogP contribution in [-0.4, -0.2) is 125 Å². The fourth-order valence-electron chi connectivity index (χ4n) is 4.83. The number of piperidine rings is 1. The van der Waals surface area contributed by atoms with Gasteiger partial charge in [-0.25, -0.2) is 0 Å². The summed E-state index contributed by atoms with van der Waals surface area (Å²) in [5.74, 6) is -0.350. The van der Waals surface area contributed by atoms with E-state index in [0.717, 1.165) is 51.7 Å². The first-order chi connectivity index (χ1) is 21.0. The summed E-state index contributed by atoms with van der Waals surface area (Å²) in [6, 6.07) is 3.12. The fraction of sp³-hybridized carbons (Fsp3) is 0.690. The normalized spacial score (nSPS) is 16.9. The number of unbranched alkanes of at least 4 members (excludes halogenated alkanes) is 2. The highest BCUT2D eigenvalue weighted by molar-refractivity contribution is 6.33. The largest absolute Gasteiger partial charge is 0.496 e. The molecule has 0 aromatic heterocycles. The van der Waals surface area contributed by atoms with Gasteiger partial charge in [0.25, 0.3) is 5.91 Å². The summed E-state index contributed by atoms with van der Waals surface area (Å²) in [6.07, 6.45) is -1.48. The zero-order valence-electron chi connectivity index (χ0n) is 25.2. The number of likely N-dealkylation sites (tertiary alicyclic amines) is 1. The number of carbonyl (C=O) groups is 3. The number of anilines is 1. The van der Waals surface area contributed by atoms with E-state index in [2.05, 4.69) is 20.9 Å². The van der Waals surface area contributed by atoms with Gasteiger partial charge >= 0.3 is 0 Å². The molecule has 1 aromatic rings. The molecule has 44 heavy (non-hydrogen) atoms. The molecule has 0 aliphatic carbocycles. The fourth-order valence-corrected chi connectivity index (χ4v) is 5.00. The molecule has 250 valence electrons. The second-order valence-electron chi connectivity index (χ2n) is 11.0. The molecule has 15 heteroatoms. The molecule has 3 amide bonds. The number of aliphatic hydroxyl groups excluding tert-OH is 5. The average Bonchev–Trinajstić information content (AvgIpc) is 3.02. The predicted octanol–water partition coefficient (Wildman–Crippen LogP) is -0.866. The van der Waals surface area contributed by atoms with E-state index in [9.17, 15) is 34.8 Å². The van der Waals surface area contributed by atoms with Crippen LogP contribution < -0.4 is 26.4 Å². The maximum Gasteiger partial charge on any atom is 0.255 e. The topological polar surface area (TPSA) is 227 Å². The second kappa shape index (κ2) is 19.6. The van der Waals surface area contributed by atoms with Gasteiger partial charge in [0.05, 0.1) is 36.1 Å². The van der Waals surface area contributed by atoms with E-state index in [-0.39, 0.29) is 30.8 Å². The van der Waals surface area contributed by atoms with Crippen LogP contribution in [0.25, 0.3) is 0 Å². The van der Waals surface area contributed by atoms with Gasteiger partial charge < -0.3 is 56.9 Å². The van der Waals surface area contributed by atoms with Crippen LogP contribution in [0.3, 0.4) is 0 Å². The highest BCUT2D eigenvalue weighted by atomic mass is 35.5. The molecule has 10 N–H and O–H groups in total. The van der Waals surface area contributed by atoms with E-state index >= 15 is 0 Å². The van der Waals surface area contributed by atoms with E-state index in [0.29, 0.717) is 41.4 Å². The minimum Gasteiger partial charge on any atom is -0.496 e. The maximum atomic E-state index is 12.8. The summed E-state index contributed by atoms with van der Waals surface area (Å²) < 4.78 is 5.28. The molecule has 1 aliphatic heterocycles. The summed E-state index contributed by atoms with van der Waals surface area (Å²) >= 11 is 6.09. The van der Waals surface area contributed by atoms with Gasteiger partial charge in [-0.1, -0.05) is 18.0 Å². The van der Waals surface area contributed by atoms with Crippen LogP contribution in [0.15, 0.2) is 12.1 Å². The van der Waals surface area contributed by atoms with Crippen LogP contribution in [0.2, 0.25) is 5.02 Å². The summed E-state index contributed by atoms with van der Waals surface area (Å²) in [5, 5.41) is 55.8. The average molecular weight is 646 g/mol. The number of carbonyl (C=O) groups excluding carboxylic acids is 3. The number of nitrogen functional groups attached to an aromatic ring is 1. The number of methoxy groups -OCH3 is 1. The first-order valence-electron chi connectivity index (χ1n) is 15.0. The van der Waals surface area contributed by atoms with Gasteiger partial charge in [-0.15, -0.1) is 0 Å². The Morgan fingerprint density at radius 3 is 2.27 bits per heavy atom. The summed E-state index contributed by atoms with van der Waals surface area (Å²) in [6.45, 7) is 1.85. The van der Waals surface area contributed by atoms with Crippen LogP contribution in [-0.2, 0) is 9.59 Å². The molecule has 1 heterocycles. The highest BCUT2D eigenvalue weighted by Gasteiger charge is 2.30. The number of aliphatic hydroxyl groups is 5. The molecular formula is C29H48ClN5O9. The molecule has 1 aliphatic rings.